The van der Waals surface area contributed by atoms with Crippen molar-refractivity contribution in [3.8, 4) is 17.2 Å². The Bertz CT molecular complexity index is 974. The third-order valence-electron chi connectivity index (χ3n) is 5.02. The van der Waals surface area contributed by atoms with Crippen molar-refractivity contribution in [3.63, 3.8) is 0 Å². The van der Waals surface area contributed by atoms with E-state index in [1.807, 2.05) is 20.8 Å². The second-order valence-electron chi connectivity index (χ2n) is 7.93. The first-order valence-electron chi connectivity index (χ1n) is 10.2. The third kappa shape index (κ3) is 4.68. The fourth-order valence-electron chi connectivity index (χ4n) is 3.44. The zero-order chi connectivity index (χ0) is 22.6. The van der Waals surface area contributed by atoms with Gasteiger partial charge in [-0.2, -0.15) is 0 Å². The number of carbonyl (C=O) groups is 2. The Balaban J connectivity index is 1.84. The predicted octanol–water partition coefficient (Wildman–Crippen LogP) is 4.51. The maximum absolute atomic E-state index is 13.0. The maximum Gasteiger partial charge on any atom is 0.323 e. The number of hydrogen-bond donors (Lipinski definition) is 2. The van der Waals surface area contributed by atoms with Gasteiger partial charge in [0.05, 0.1) is 31.0 Å². The van der Waals surface area contributed by atoms with E-state index < -0.39 is 11.4 Å². The smallest absolute Gasteiger partial charge is 0.323 e. The molecule has 1 aliphatic rings. The van der Waals surface area contributed by atoms with Gasteiger partial charge in [-0.25, -0.2) is 4.79 Å². The maximum atomic E-state index is 13.0. The van der Waals surface area contributed by atoms with Crippen molar-refractivity contribution in [1.29, 1.82) is 0 Å². The van der Waals surface area contributed by atoms with Gasteiger partial charge in [-0.1, -0.05) is 13.0 Å². The molecule has 31 heavy (non-hydrogen) atoms. The topological polar surface area (TPSA) is 89.1 Å². The van der Waals surface area contributed by atoms with E-state index in [9.17, 15) is 9.59 Å². The number of anilines is 3. The van der Waals surface area contributed by atoms with E-state index in [-0.39, 0.29) is 5.91 Å². The van der Waals surface area contributed by atoms with E-state index in [2.05, 4.69) is 10.6 Å². The Morgan fingerprint density at radius 1 is 1.16 bits per heavy atom. The summed E-state index contributed by atoms with van der Waals surface area (Å²) in [6, 6.07) is 10.0. The predicted molar refractivity (Wildman–Crippen MR) is 121 cm³/mol. The Morgan fingerprint density at radius 3 is 2.61 bits per heavy atom. The lowest BCUT2D eigenvalue weighted by Gasteiger charge is -2.27. The van der Waals surface area contributed by atoms with Crippen LogP contribution in [0.3, 0.4) is 0 Å². The van der Waals surface area contributed by atoms with Gasteiger partial charge >= 0.3 is 6.03 Å². The summed E-state index contributed by atoms with van der Waals surface area (Å²) < 4.78 is 16.5. The van der Waals surface area contributed by atoms with E-state index >= 15 is 0 Å². The molecule has 1 aliphatic heterocycles. The molecular weight excluding hydrogens is 398 g/mol. The van der Waals surface area contributed by atoms with Gasteiger partial charge in [-0.05, 0) is 50.6 Å². The molecule has 0 saturated carbocycles. The molecule has 0 unspecified atom stereocenters. The Kier molecular flexibility index (Phi) is 6.58. The van der Waals surface area contributed by atoms with Gasteiger partial charge in [0, 0.05) is 12.2 Å². The average Bonchev–Trinajstić information content (AvgIpc) is 2.83. The summed E-state index contributed by atoms with van der Waals surface area (Å²) in [7, 11) is 3.04. The summed E-state index contributed by atoms with van der Waals surface area (Å²) in [5.41, 5.74) is 1.02. The standard InChI is InChI=1S/C23H29N3O5/c1-6-12-26-17-13-15(10-11-18(17)31-14-23(2,3)21(26)27)24-22(28)25-16-8-7-9-19(29-4)20(16)30-5/h7-11,13H,6,12,14H2,1-5H3,(H2,24,25,28). The van der Waals surface area contributed by atoms with Gasteiger partial charge in [0.25, 0.3) is 0 Å². The molecule has 0 bridgehead atoms. The molecule has 2 N–H and O–H groups in total. The van der Waals surface area contributed by atoms with Gasteiger partial charge < -0.3 is 29.7 Å². The van der Waals surface area contributed by atoms with Crippen molar-refractivity contribution in [2.24, 2.45) is 5.41 Å². The Labute approximate surface area is 182 Å². The van der Waals surface area contributed by atoms with Crippen molar-refractivity contribution in [3.05, 3.63) is 36.4 Å². The first kappa shape index (κ1) is 22.3. The molecular formula is C23H29N3O5. The summed E-state index contributed by atoms with van der Waals surface area (Å²) in [5, 5.41) is 5.58. The van der Waals surface area contributed by atoms with Gasteiger partial charge in [0.1, 0.15) is 12.4 Å². The van der Waals surface area contributed by atoms with Crippen LogP contribution in [0.5, 0.6) is 17.2 Å². The average molecular weight is 428 g/mol. The van der Waals surface area contributed by atoms with Gasteiger partial charge in [-0.3, -0.25) is 4.79 Å². The van der Waals surface area contributed by atoms with Crippen molar-refractivity contribution < 1.29 is 23.8 Å². The monoisotopic (exact) mass is 427 g/mol. The molecule has 0 radical (unpaired) electrons. The first-order valence-corrected chi connectivity index (χ1v) is 10.2. The molecule has 2 aromatic carbocycles. The zero-order valence-corrected chi connectivity index (χ0v) is 18.6. The van der Waals surface area contributed by atoms with E-state index in [0.29, 0.717) is 47.5 Å². The minimum Gasteiger partial charge on any atom is -0.493 e. The third-order valence-corrected chi connectivity index (χ3v) is 5.02. The lowest BCUT2D eigenvalue weighted by molar-refractivity contribution is -0.127. The van der Waals surface area contributed by atoms with Crippen molar-refractivity contribution in [1.82, 2.24) is 0 Å². The lowest BCUT2D eigenvalue weighted by atomic mass is 9.93. The summed E-state index contributed by atoms with van der Waals surface area (Å²) >= 11 is 0. The number of benzene rings is 2. The van der Waals surface area contributed by atoms with Crippen molar-refractivity contribution in [2.45, 2.75) is 27.2 Å². The molecule has 0 aromatic heterocycles. The van der Waals surface area contributed by atoms with Crippen LogP contribution in [0.2, 0.25) is 0 Å². The summed E-state index contributed by atoms with van der Waals surface area (Å²) in [6.07, 6.45) is 0.801. The first-order chi connectivity index (χ1) is 14.8. The molecule has 0 saturated heterocycles. The fraction of sp³-hybridized carbons (Fsp3) is 0.391. The van der Waals surface area contributed by atoms with Crippen molar-refractivity contribution >= 4 is 29.0 Å². The number of methoxy groups -OCH3 is 2. The largest absolute Gasteiger partial charge is 0.493 e. The molecule has 3 amide bonds. The highest BCUT2D eigenvalue weighted by Crippen LogP contribution is 2.39. The quantitative estimate of drug-likeness (QED) is 0.708. The van der Waals surface area contributed by atoms with Crippen LogP contribution in [0.4, 0.5) is 21.9 Å². The molecule has 166 valence electrons. The molecule has 0 spiro atoms. The minimum absolute atomic E-state index is 0.00387. The van der Waals surface area contributed by atoms with Crippen LogP contribution in [0.25, 0.3) is 0 Å². The molecule has 8 nitrogen and oxygen atoms in total. The highest BCUT2D eigenvalue weighted by Gasteiger charge is 2.37. The molecule has 0 atom stereocenters. The molecule has 2 aromatic rings. The summed E-state index contributed by atoms with van der Waals surface area (Å²) in [5.74, 6) is 1.56. The number of nitrogens with zero attached hydrogens (tertiary/aromatic N) is 1. The second kappa shape index (κ2) is 9.16. The summed E-state index contributed by atoms with van der Waals surface area (Å²) in [6.45, 7) is 6.62. The Hall–Kier alpha value is -3.42. The van der Waals surface area contributed by atoms with Crippen LogP contribution in [0.15, 0.2) is 36.4 Å². The number of amides is 3. The number of hydrogen-bond acceptors (Lipinski definition) is 5. The second-order valence-corrected chi connectivity index (χ2v) is 7.93. The van der Waals surface area contributed by atoms with Crippen LogP contribution in [-0.4, -0.2) is 39.3 Å². The number of urea groups is 1. The van der Waals surface area contributed by atoms with Crippen LogP contribution in [-0.2, 0) is 4.79 Å². The fourth-order valence-corrected chi connectivity index (χ4v) is 3.44. The molecule has 0 aliphatic carbocycles. The minimum atomic E-state index is -0.637. The number of para-hydroxylation sites is 1. The SMILES string of the molecule is CCCN1C(=O)C(C)(C)COc2ccc(NC(=O)Nc3cccc(OC)c3OC)cc21. The van der Waals surface area contributed by atoms with E-state index in [1.165, 1.54) is 14.2 Å². The van der Waals surface area contributed by atoms with Gasteiger partial charge in [0.15, 0.2) is 11.5 Å². The number of fused-ring (bicyclic) bond motifs is 1. The molecule has 3 rings (SSSR count). The zero-order valence-electron chi connectivity index (χ0n) is 18.6. The van der Waals surface area contributed by atoms with E-state index in [0.717, 1.165) is 6.42 Å². The van der Waals surface area contributed by atoms with Crippen molar-refractivity contribution in [2.75, 3.05) is 42.9 Å². The lowest BCUT2D eigenvalue weighted by Crippen LogP contribution is -2.42. The Morgan fingerprint density at radius 2 is 1.94 bits per heavy atom. The molecule has 0 fully saturated rings. The van der Waals surface area contributed by atoms with Gasteiger partial charge in [0.2, 0.25) is 5.91 Å². The van der Waals surface area contributed by atoms with E-state index in [4.69, 9.17) is 14.2 Å². The number of ether oxygens (including phenoxy) is 3. The number of nitrogens with one attached hydrogen (secondary N) is 2. The number of carbonyl (C=O) groups excluding carboxylic acids is 2. The highest BCUT2D eigenvalue weighted by atomic mass is 16.5. The normalized spacial score (nSPS) is 14.7. The van der Waals surface area contributed by atoms with E-state index in [1.54, 1.807) is 41.3 Å². The molecule has 8 heteroatoms. The van der Waals surface area contributed by atoms with Crippen LogP contribution >= 0.6 is 0 Å². The van der Waals surface area contributed by atoms with Crippen LogP contribution < -0.4 is 29.7 Å². The molecule has 1 heterocycles. The summed E-state index contributed by atoms with van der Waals surface area (Å²) in [4.78, 5) is 27.4. The van der Waals surface area contributed by atoms with Crippen LogP contribution in [0, 0.1) is 5.41 Å². The van der Waals surface area contributed by atoms with Gasteiger partial charge in [-0.15, -0.1) is 0 Å². The number of rotatable bonds is 6. The van der Waals surface area contributed by atoms with Crippen LogP contribution in [0.1, 0.15) is 27.2 Å². The highest BCUT2D eigenvalue weighted by molar-refractivity contribution is 6.03.